The minimum absolute atomic E-state index is 0.159. The molecule has 0 saturated carbocycles. The topological polar surface area (TPSA) is 85.2 Å². The quantitative estimate of drug-likeness (QED) is 0.221. The van der Waals surface area contributed by atoms with Crippen molar-refractivity contribution in [3.05, 3.63) is 34.9 Å². The smallest absolute Gasteiger partial charge is 0.190 e. The minimum Gasteiger partial charge on any atom is -0.496 e. The molecule has 1 aromatic rings. The molecule has 0 atom stereocenters. The molecular formula is C23H31NO5. The zero-order valence-electron chi connectivity index (χ0n) is 17.6. The van der Waals surface area contributed by atoms with Crippen molar-refractivity contribution in [2.75, 3.05) is 14.2 Å². The SMILES string of the molecule is CCCCCCCCCCC(=NO)c1cc(OC)c2c(c1OC)C(=O)C=CC2=O. The van der Waals surface area contributed by atoms with E-state index in [0.29, 0.717) is 17.7 Å². The Morgan fingerprint density at radius 1 is 0.897 bits per heavy atom. The lowest BCUT2D eigenvalue weighted by Crippen LogP contribution is -2.17. The largest absolute Gasteiger partial charge is 0.496 e. The Bertz CT molecular complexity index is 795. The fourth-order valence-electron chi connectivity index (χ4n) is 3.69. The van der Waals surface area contributed by atoms with Crippen LogP contribution in [-0.2, 0) is 0 Å². The van der Waals surface area contributed by atoms with E-state index in [1.54, 1.807) is 6.07 Å². The van der Waals surface area contributed by atoms with Gasteiger partial charge in [-0.15, -0.1) is 0 Å². The molecule has 1 aliphatic rings. The van der Waals surface area contributed by atoms with Crippen molar-refractivity contribution in [1.82, 2.24) is 0 Å². The molecule has 0 spiro atoms. The number of benzene rings is 1. The highest BCUT2D eigenvalue weighted by Crippen LogP contribution is 2.38. The molecule has 1 N–H and O–H groups in total. The Morgan fingerprint density at radius 3 is 2.03 bits per heavy atom. The molecule has 0 aromatic heterocycles. The van der Waals surface area contributed by atoms with Crippen LogP contribution in [0.25, 0.3) is 0 Å². The third kappa shape index (κ3) is 5.46. The van der Waals surface area contributed by atoms with Crippen LogP contribution in [0.4, 0.5) is 0 Å². The lowest BCUT2D eigenvalue weighted by Gasteiger charge is -2.20. The zero-order valence-corrected chi connectivity index (χ0v) is 17.6. The van der Waals surface area contributed by atoms with E-state index in [0.717, 1.165) is 19.3 Å². The predicted octanol–water partition coefficient (Wildman–Crippen LogP) is 5.35. The number of hydrogen-bond donors (Lipinski definition) is 1. The van der Waals surface area contributed by atoms with Gasteiger partial charge in [0.2, 0.25) is 0 Å². The summed E-state index contributed by atoms with van der Waals surface area (Å²) in [6.07, 6.45) is 12.3. The summed E-state index contributed by atoms with van der Waals surface area (Å²) in [6, 6.07) is 1.61. The molecule has 6 heteroatoms. The second-order valence-corrected chi connectivity index (χ2v) is 7.24. The first kappa shape index (κ1) is 22.7. The van der Waals surface area contributed by atoms with Crippen LogP contribution in [0.2, 0.25) is 0 Å². The molecule has 0 bridgehead atoms. The lowest BCUT2D eigenvalue weighted by molar-refractivity contribution is 0.0989. The number of allylic oxidation sites excluding steroid dienone is 2. The first-order valence-corrected chi connectivity index (χ1v) is 10.4. The highest BCUT2D eigenvalue weighted by Gasteiger charge is 2.31. The van der Waals surface area contributed by atoms with Crippen LogP contribution >= 0.6 is 0 Å². The molecule has 0 unspecified atom stereocenters. The number of hydrogen-bond acceptors (Lipinski definition) is 6. The average molecular weight is 402 g/mol. The summed E-state index contributed by atoms with van der Waals surface area (Å²) >= 11 is 0. The first-order chi connectivity index (χ1) is 14.1. The van der Waals surface area contributed by atoms with Gasteiger partial charge in [0.1, 0.15) is 11.5 Å². The van der Waals surface area contributed by atoms with Crippen molar-refractivity contribution in [2.24, 2.45) is 5.16 Å². The van der Waals surface area contributed by atoms with Crippen LogP contribution < -0.4 is 9.47 Å². The maximum atomic E-state index is 12.5. The number of carbonyl (C=O) groups is 2. The third-order valence-corrected chi connectivity index (χ3v) is 5.25. The molecule has 0 amide bonds. The minimum atomic E-state index is -0.332. The third-order valence-electron chi connectivity index (χ3n) is 5.25. The molecule has 0 heterocycles. The van der Waals surface area contributed by atoms with E-state index in [1.165, 1.54) is 58.5 Å². The Morgan fingerprint density at radius 2 is 1.48 bits per heavy atom. The lowest BCUT2D eigenvalue weighted by atomic mass is 9.88. The Balaban J connectivity index is 2.17. The monoisotopic (exact) mass is 401 g/mol. The summed E-state index contributed by atoms with van der Waals surface area (Å²) < 4.78 is 10.8. The fraction of sp³-hybridized carbons (Fsp3) is 0.522. The van der Waals surface area contributed by atoms with Crippen LogP contribution in [0.5, 0.6) is 11.5 Å². The molecule has 1 aliphatic carbocycles. The van der Waals surface area contributed by atoms with Crippen LogP contribution in [0.15, 0.2) is 23.4 Å². The molecule has 29 heavy (non-hydrogen) atoms. The van der Waals surface area contributed by atoms with E-state index in [2.05, 4.69) is 12.1 Å². The molecule has 6 nitrogen and oxygen atoms in total. The molecule has 0 radical (unpaired) electrons. The van der Waals surface area contributed by atoms with Crippen LogP contribution in [0.3, 0.4) is 0 Å². The van der Waals surface area contributed by atoms with E-state index >= 15 is 0 Å². The maximum Gasteiger partial charge on any atom is 0.190 e. The molecule has 2 rings (SSSR count). The highest BCUT2D eigenvalue weighted by atomic mass is 16.5. The van der Waals surface area contributed by atoms with Crippen LogP contribution in [0, 0.1) is 0 Å². The normalized spacial score (nSPS) is 13.6. The Hall–Kier alpha value is -2.63. The van der Waals surface area contributed by atoms with Gasteiger partial charge in [-0.05, 0) is 31.1 Å². The molecule has 0 fully saturated rings. The number of fused-ring (bicyclic) bond motifs is 1. The van der Waals surface area contributed by atoms with Gasteiger partial charge in [-0.25, -0.2) is 0 Å². The maximum absolute atomic E-state index is 12.5. The van der Waals surface area contributed by atoms with Crippen molar-refractivity contribution in [3.8, 4) is 11.5 Å². The van der Waals surface area contributed by atoms with Crippen molar-refractivity contribution < 1.29 is 24.3 Å². The van der Waals surface area contributed by atoms with Gasteiger partial charge in [-0.3, -0.25) is 9.59 Å². The van der Waals surface area contributed by atoms with Crippen molar-refractivity contribution >= 4 is 17.3 Å². The second kappa shape index (κ2) is 11.4. The number of methoxy groups -OCH3 is 2. The van der Waals surface area contributed by atoms with E-state index in [4.69, 9.17) is 9.47 Å². The van der Waals surface area contributed by atoms with E-state index in [9.17, 15) is 14.8 Å². The number of ketones is 2. The molecule has 1 aromatic carbocycles. The summed E-state index contributed by atoms with van der Waals surface area (Å²) in [7, 11) is 2.88. The summed E-state index contributed by atoms with van der Waals surface area (Å²) in [4.78, 5) is 24.8. The molecule has 0 saturated heterocycles. The number of ether oxygens (including phenoxy) is 2. The fourth-order valence-corrected chi connectivity index (χ4v) is 3.69. The zero-order chi connectivity index (χ0) is 21.2. The number of oxime groups is 1. The van der Waals surface area contributed by atoms with Crippen molar-refractivity contribution in [3.63, 3.8) is 0 Å². The summed E-state index contributed by atoms with van der Waals surface area (Å²) in [5, 5.41) is 13.1. The van der Waals surface area contributed by atoms with Gasteiger partial charge in [-0.2, -0.15) is 0 Å². The molecule has 158 valence electrons. The highest BCUT2D eigenvalue weighted by molar-refractivity contribution is 6.25. The molecule has 0 aliphatic heterocycles. The van der Waals surface area contributed by atoms with E-state index in [1.807, 2.05) is 0 Å². The predicted molar refractivity (Wildman–Crippen MR) is 113 cm³/mol. The molecular weight excluding hydrogens is 370 g/mol. The van der Waals surface area contributed by atoms with Crippen molar-refractivity contribution in [1.29, 1.82) is 0 Å². The number of nitrogens with zero attached hydrogens (tertiary/aromatic N) is 1. The number of unbranched alkanes of at least 4 members (excludes halogenated alkanes) is 7. The van der Waals surface area contributed by atoms with Crippen LogP contribution in [-0.4, -0.2) is 36.7 Å². The van der Waals surface area contributed by atoms with Gasteiger partial charge in [0.25, 0.3) is 0 Å². The van der Waals surface area contributed by atoms with Crippen LogP contribution in [0.1, 0.15) is 91.0 Å². The van der Waals surface area contributed by atoms with Gasteiger partial charge >= 0.3 is 0 Å². The number of carbonyl (C=O) groups excluding carboxylic acids is 2. The van der Waals surface area contributed by atoms with Gasteiger partial charge in [0, 0.05) is 5.56 Å². The second-order valence-electron chi connectivity index (χ2n) is 7.24. The van der Waals surface area contributed by atoms with Gasteiger partial charge in [0.15, 0.2) is 11.6 Å². The Kier molecular flexibility index (Phi) is 8.90. The number of rotatable bonds is 12. The summed E-state index contributed by atoms with van der Waals surface area (Å²) in [5.74, 6) is -0.126. The average Bonchev–Trinajstić information content (AvgIpc) is 2.74. The van der Waals surface area contributed by atoms with Gasteiger partial charge in [-0.1, -0.05) is 57.0 Å². The van der Waals surface area contributed by atoms with E-state index in [-0.39, 0.29) is 34.2 Å². The van der Waals surface area contributed by atoms with Crippen molar-refractivity contribution in [2.45, 2.75) is 64.7 Å². The van der Waals surface area contributed by atoms with Gasteiger partial charge in [0.05, 0.1) is 31.1 Å². The first-order valence-electron chi connectivity index (χ1n) is 10.4. The van der Waals surface area contributed by atoms with E-state index < -0.39 is 0 Å². The summed E-state index contributed by atoms with van der Waals surface area (Å²) in [6.45, 7) is 2.21. The van der Waals surface area contributed by atoms with Gasteiger partial charge < -0.3 is 14.7 Å². The Labute approximate surface area is 172 Å². The standard InChI is InChI=1S/C23H31NO5/c1-4-5-6-7-8-9-10-11-12-17(24-27)16-15-20(28-2)21-18(25)13-14-19(26)22(21)23(16)29-3/h13-15,27H,4-12H2,1-3H3. The summed E-state index contributed by atoms with van der Waals surface area (Å²) in [5.41, 5.74) is 1.24.